The van der Waals surface area contributed by atoms with Crippen molar-refractivity contribution in [2.75, 3.05) is 11.9 Å². The molecular weight excluding hydrogens is 443 g/mol. The molecule has 9 heteroatoms. The van der Waals surface area contributed by atoms with Gasteiger partial charge >= 0.3 is 6.18 Å². The molecule has 2 saturated heterocycles. The van der Waals surface area contributed by atoms with Gasteiger partial charge in [0.05, 0.1) is 17.3 Å². The lowest BCUT2D eigenvalue weighted by Gasteiger charge is -2.50. The van der Waals surface area contributed by atoms with Crippen LogP contribution in [0.25, 0.3) is 11.3 Å². The van der Waals surface area contributed by atoms with Crippen molar-refractivity contribution in [2.45, 2.75) is 44.4 Å². The third-order valence-electron chi connectivity index (χ3n) is 6.64. The van der Waals surface area contributed by atoms with E-state index in [2.05, 4.69) is 20.3 Å². The van der Waals surface area contributed by atoms with Crippen molar-refractivity contribution in [2.24, 2.45) is 5.92 Å². The number of anilines is 1. The molecule has 5 heterocycles. The molecule has 0 spiro atoms. The van der Waals surface area contributed by atoms with Gasteiger partial charge in [0.15, 0.2) is 0 Å². The molecule has 1 saturated carbocycles. The molecule has 1 unspecified atom stereocenters. The number of nitrogens with one attached hydrogen (secondary N) is 1. The van der Waals surface area contributed by atoms with E-state index in [0.717, 1.165) is 37.2 Å². The van der Waals surface area contributed by atoms with Gasteiger partial charge in [-0.2, -0.15) is 13.2 Å². The number of piperidine rings is 2. The number of halogens is 3. The first kappa shape index (κ1) is 22.3. The molecule has 6 rings (SSSR count). The summed E-state index contributed by atoms with van der Waals surface area (Å²) in [6, 6.07) is 11.5. The second-order valence-corrected chi connectivity index (χ2v) is 8.95. The SMILES string of the molecule is Cc1ccc(-c2ccccn2)c(C(=O)N2CC3CC[C@H]2[C@H](Nc2ccc(C(F)(F)F)cn2)C3)n1. The minimum atomic E-state index is -4.43. The maximum Gasteiger partial charge on any atom is 0.417 e. The first-order valence-corrected chi connectivity index (χ1v) is 11.3. The summed E-state index contributed by atoms with van der Waals surface area (Å²) >= 11 is 0. The summed E-state index contributed by atoms with van der Waals surface area (Å²) in [7, 11) is 0. The van der Waals surface area contributed by atoms with E-state index in [1.54, 1.807) is 6.20 Å². The number of hydrogen-bond acceptors (Lipinski definition) is 5. The van der Waals surface area contributed by atoms with Crippen LogP contribution in [0.1, 0.15) is 41.0 Å². The lowest BCUT2D eigenvalue weighted by Crippen LogP contribution is -2.60. The van der Waals surface area contributed by atoms with Crippen molar-refractivity contribution >= 4 is 11.7 Å². The van der Waals surface area contributed by atoms with Crippen LogP contribution in [0, 0.1) is 12.8 Å². The minimum Gasteiger partial charge on any atom is -0.365 e. The fourth-order valence-corrected chi connectivity index (χ4v) is 5.00. The molecule has 176 valence electrons. The number of rotatable bonds is 4. The third kappa shape index (κ3) is 4.34. The van der Waals surface area contributed by atoms with Gasteiger partial charge in [0.1, 0.15) is 11.5 Å². The number of pyridine rings is 3. The summed E-state index contributed by atoms with van der Waals surface area (Å²) in [6.07, 6.45) is 0.766. The quantitative estimate of drug-likeness (QED) is 0.587. The van der Waals surface area contributed by atoms with Crippen LogP contribution in [0.4, 0.5) is 19.0 Å². The molecule has 1 N–H and O–H groups in total. The number of carbonyl (C=O) groups is 1. The molecule has 34 heavy (non-hydrogen) atoms. The van der Waals surface area contributed by atoms with Crippen LogP contribution in [-0.2, 0) is 6.18 Å². The highest BCUT2D eigenvalue weighted by molar-refractivity contribution is 5.99. The molecule has 0 aromatic carbocycles. The van der Waals surface area contributed by atoms with Gasteiger partial charge in [-0.25, -0.2) is 9.97 Å². The second-order valence-electron chi connectivity index (χ2n) is 8.95. The van der Waals surface area contributed by atoms with Crippen LogP contribution in [0.15, 0.2) is 54.9 Å². The molecule has 2 aliphatic heterocycles. The summed E-state index contributed by atoms with van der Waals surface area (Å²) < 4.78 is 38.6. The van der Waals surface area contributed by atoms with E-state index >= 15 is 0 Å². The van der Waals surface area contributed by atoms with E-state index < -0.39 is 11.7 Å². The van der Waals surface area contributed by atoms with Crippen molar-refractivity contribution in [3.63, 3.8) is 0 Å². The molecule has 1 aliphatic carbocycles. The Labute approximate surface area is 195 Å². The molecule has 6 nitrogen and oxygen atoms in total. The van der Waals surface area contributed by atoms with E-state index in [-0.39, 0.29) is 18.0 Å². The van der Waals surface area contributed by atoms with Crippen molar-refractivity contribution in [3.8, 4) is 11.3 Å². The van der Waals surface area contributed by atoms with Gasteiger partial charge in [-0.05, 0) is 68.5 Å². The lowest BCUT2D eigenvalue weighted by molar-refractivity contribution is -0.137. The summed E-state index contributed by atoms with van der Waals surface area (Å²) in [6.45, 7) is 2.49. The molecule has 3 fully saturated rings. The van der Waals surface area contributed by atoms with Crippen molar-refractivity contribution in [1.29, 1.82) is 0 Å². The van der Waals surface area contributed by atoms with E-state index in [4.69, 9.17) is 0 Å². The Hall–Kier alpha value is -3.49. The van der Waals surface area contributed by atoms with Crippen LogP contribution in [0.5, 0.6) is 0 Å². The van der Waals surface area contributed by atoms with Crippen LogP contribution in [0.3, 0.4) is 0 Å². The van der Waals surface area contributed by atoms with Gasteiger partial charge < -0.3 is 10.2 Å². The topological polar surface area (TPSA) is 71.0 Å². The number of alkyl halides is 3. The number of aryl methyl sites for hydroxylation is 1. The van der Waals surface area contributed by atoms with Gasteiger partial charge in [-0.1, -0.05) is 6.07 Å². The van der Waals surface area contributed by atoms with Crippen LogP contribution in [-0.4, -0.2) is 44.4 Å². The highest BCUT2D eigenvalue weighted by Gasteiger charge is 2.44. The van der Waals surface area contributed by atoms with Crippen LogP contribution in [0.2, 0.25) is 0 Å². The largest absolute Gasteiger partial charge is 0.417 e. The molecular formula is C25H24F3N5O. The summed E-state index contributed by atoms with van der Waals surface area (Å²) in [5, 5.41) is 3.28. The van der Waals surface area contributed by atoms with Gasteiger partial charge in [0, 0.05) is 36.2 Å². The Kier molecular flexibility index (Phi) is 5.71. The molecule has 0 radical (unpaired) electrons. The first-order valence-electron chi connectivity index (χ1n) is 11.3. The van der Waals surface area contributed by atoms with Crippen molar-refractivity contribution in [1.82, 2.24) is 19.9 Å². The Morgan fingerprint density at radius 1 is 1.09 bits per heavy atom. The number of fused-ring (bicyclic) bond motifs is 3. The van der Waals surface area contributed by atoms with E-state index in [9.17, 15) is 18.0 Å². The van der Waals surface area contributed by atoms with E-state index in [1.807, 2.05) is 42.2 Å². The zero-order valence-electron chi connectivity index (χ0n) is 18.6. The summed E-state index contributed by atoms with van der Waals surface area (Å²) in [5.41, 5.74) is 1.70. The maximum absolute atomic E-state index is 13.8. The number of aromatic nitrogens is 3. The molecule has 3 aliphatic rings. The highest BCUT2D eigenvalue weighted by Crippen LogP contribution is 2.38. The molecule has 3 aromatic heterocycles. The van der Waals surface area contributed by atoms with Crippen molar-refractivity contribution < 1.29 is 18.0 Å². The summed E-state index contributed by atoms with van der Waals surface area (Å²) in [4.78, 5) is 28.6. The predicted molar refractivity (Wildman–Crippen MR) is 121 cm³/mol. The van der Waals surface area contributed by atoms with Gasteiger partial charge in [-0.15, -0.1) is 0 Å². The predicted octanol–water partition coefficient (Wildman–Crippen LogP) is 4.97. The Bertz CT molecular complexity index is 1180. The Balaban J connectivity index is 1.40. The van der Waals surface area contributed by atoms with Crippen molar-refractivity contribution in [3.05, 3.63) is 71.8 Å². The van der Waals surface area contributed by atoms with Gasteiger partial charge in [0.25, 0.3) is 5.91 Å². The fourth-order valence-electron chi connectivity index (χ4n) is 5.00. The zero-order valence-corrected chi connectivity index (χ0v) is 18.6. The zero-order chi connectivity index (χ0) is 23.9. The van der Waals surface area contributed by atoms with Crippen LogP contribution >= 0.6 is 0 Å². The van der Waals surface area contributed by atoms with Gasteiger partial charge in [0.2, 0.25) is 0 Å². The number of nitrogens with zero attached hydrogens (tertiary/aromatic N) is 4. The second kappa shape index (κ2) is 8.70. The third-order valence-corrected chi connectivity index (χ3v) is 6.64. The standard InChI is InChI=1S/C25H24F3N5O/c1-15-5-8-18(19-4-2-3-11-29-19)23(31-15)24(34)33-14-16-6-9-21(33)20(12-16)32-22-10-7-17(13-30-22)25(26,27)28/h2-5,7-8,10-11,13,16,20-21H,6,9,12,14H2,1H3,(H,30,32)/t16?,20-,21+/m1/s1. The van der Waals surface area contributed by atoms with E-state index in [0.29, 0.717) is 35.2 Å². The first-order chi connectivity index (χ1) is 16.3. The number of carbonyl (C=O) groups excluding carboxylic acids is 1. The number of amides is 1. The Morgan fingerprint density at radius 3 is 2.62 bits per heavy atom. The maximum atomic E-state index is 13.8. The van der Waals surface area contributed by atoms with Gasteiger partial charge in [-0.3, -0.25) is 9.78 Å². The molecule has 3 atom stereocenters. The normalized spacial score (nSPS) is 22.0. The average molecular weight is 467 g/mol. The monoisotopic (exact) mass is 467 g/mol. The van der Waals surface area contributed by atoms with E-state index in [1.165, 1.54) is 6.07 Å². The summed E-state index contributed by atoms with van der Waals surface area (Å²) in [5.74, 6) is 0.538. The Morgan fingerprint density at radius 2 is 1.94 bits per heavy atom. The molecule has 1 amide bonds. The fraction of sp³-hybridized carbons (Fsp3) is 0.360. The number of hydrogen-bond donors (Lipinski definition) is 1. The highest BCUT2D eigenvalue weighted by atomic mass is 19.4. The smallest absolute Gasteiger partial charge is 0.365 e. The average Bonchev–Trinajstić information content (AvgIpc) is 2.84. The lowest BCUT2D eigenvalue weighted by atomic mass is 9.76. The molecule has 2 bridgehead atoms. The minimum absolute atomic E-state index is 0.0937. The van der Waals surface area contributed by atoms with Crippen LogP contribution < -0.4 is 5.32 Å². The molecule has 3 aromatic rings.